The van der Waals surface area contributed by atoms with E-state index in [2.05, 4.69) is 96.3 Å². The molecule has 0 aromatic heterocycles. The Hall–Kier alpha value is -5.11. The highest BCUT2D eigenvalue weighted by Crippen LogP contribution is 2.38. The standard InChI is InChI=1S/C32H39NO.C11H13NO5/c34-32(30-23-22-29(25-30)24-28-16-8-3-9-17-28)33-31(20-10-18-26-12-4-1-5-13-26)21-11-19-27-14-6-2-7-15-27;1-15-7-4-6(9(13)11(12)14)5-8(16-2)10(7)17-3/h1-9,12-17,29-31H,10-11,18-25H2,(H,33,34);4-5H,1-3H3,(H2,12,14)/t29-,30?;/m1./s1. The smallest absolute Gasteiger partial charge is 0.289 e. The Morgan fingerprint density at radius 3 is 1.65 bits per heavy atom. The van der Waals surface area contributed by atoms with E-state index in [4.69, 9.17) is 19.9 Å². The number of rotatable bonds is 17. The topological polar surface area (TPSA) is 117 Å². The van der Waals surface area contributed by atoms with Crippen LogP contribution in [-0.2, 0) is 28.9 Å². The SMILES string of the molecule is COc1cc(C(=O)C(N)=O)cc(OC)c1OC.O=C(NC(CCCc1ccccc1)CCCc1ccccc1)C1CC[C@H](Cc2ccccc2)C1. The molecule has 4 aromatic carbocycles. The monoisotopic (exact) mass is 692 g/mol. The summed E-state index contributed by atoms with van der Waals surface area (Å²) in [5, 5.41) is 3.48. The zero-order valence-corrected chi connectivity index (χ0v) is 30.1. The number of hydrogen-bond acceptors (Lipinski definition) is 6. The first kappa shape index (κ1) is 38.7. The molecular weight excluding hydrogens is 640 g/mol. The zero-order chi connectivity index (χ0) is 36.4. The number of amides is 2. The minimum absolute atomic E-state index is 0.0898. The van der Waals surface area contributed by atoms with Crippen molar-refractivity contribution >= 4 is 17.6 Å². The Kier molecular flexibility index (Phi) is 15.6. The van der Waals surface area contributed by atoms with Gasteiger partial charge < -0.3 is 25.3 Å². The van der Waals surface area contributed by atoms with Crippen LogP contribution in [0.15, 0.2) is 103 Å². The van der Waals surface area contributed by atoms with E-state index in [1.807, 2.05) is 0 Å². The van der Waals surface area contributed by atoms with Gasteiger partial charge >= 0.3 is 0 Å². The van der Waals surface area contributed by atoms with Crippen LogP contribution in [0.25, 0.3) is 0 Å². The van der Waals surface area contributed by atoms with Crippen molar-refractivity contribution in [3.8, 4) is 17.2 Å². The van der Waals surface area contributed by atoms with Crippen molar-refractivity contribution in [1.29, 1.82) is 0 Å². The zero-order valence-electron chi connectivity index (χ0n) is 30.1. The molecule has 270 valence electrons. The molecule has 8 nitrogen and oxygen atoms in total. The third-order valence-electron chi connectivity index (χ3n) is 9.50. The molecule has 0 aliphatic heterocycles. The molecule has 2 amide bonds. The van der Waals surface area contributed by atoms with E-state index in [9.17, 15) is 14.4 Å². The Labute approximate surface area is 302 Å². The van der Waals surface area contributed by atoms with Gasteiger partial charge in [-0.1, -0.05) is 91.0 Å². The van der Waals surface area contributed by atoms with Crippen molar-refractivity contribution < 1.29 is 28.6 Å². The summed E-state index contributed by atoms with van der Waals surface area (Å²) in [5.74, 6) is 0.166. The number of Topliss-reactive ketones (excluding diaryl/α,β-unsaturated/α-hetero) is 1. The van der Waals surface area contributed by atoms with Gasteiger partial charge in [0, 0.05) is 17.5 Å². The molecule has 1 unspecified atom stereocenters. The minimum Gasteiger partial charge on any atom is -0.493 e. The van der Waals surface area contributed by atoms with Gasteiger partial charge in [-0.25, -0.2) is 0 Å². The van der Waals surface area contributed by atoms with Gasteiger partial charge in [-0.05, 0) is 98.9 Å². The van der Waals surface area contributed by atoms with Crippen LogP contribution in [0.1, 0.15) is 72.0 Å². The number of hydrogen-bond donors (Lipinski definition) is 2. The summed E-state index contributed by atoms with van der Waals surface area (Å²) in [6, 6.07) is 35.1. The van der Waals surface area contributed by atoms with Crippen LogP contribution >= 0.6 is 0 Å². The van der Waals surface area contributed by atoms with Crippen molar-refractivity contribution in [3.63, 3.8) is 0 Å². The van der Waals surface area contributed by atoms with Crippen LogP contribution < -0.4 is 25.3 Å². The lowest BCUT2D eigenvalue weighted by Gasteiger charge is -2.21. The van der Waals surface area contributed by atoms with E-state index in [1.54, 1.807) is 0 Å². The van der Waals surface area contributed by atoms with Crippen molar-refractivity contribution in [2.75, 3.05) is 21.3 Å². The number of carbonyl (C=O) groups is 3. The predicted molar refractivity (Wildman–Crippen MR) is 201 cm³/mol. The number of ether oxygens (including phenoxy) is 3. The molecule has 0 heterocycles. The predicted octanol–water partition coefficient (Wildman–Crippen LogP) is 7.56. The fraction of sp³-hybridized carbons (Fsp3) is 0.372. The van der Waals surface area contributed by atoms with Gasteiger partial charge in [-0.15, -0.1) is 0 Å². The number of nitrogens with two attached hydrogens (primary N) is 1. The summed E-state index contributed by atoms with van der Waals surface area (Å²) in [6.45, 7) is 0. The van der Waals surface area contributed by atoms with Gasteiger partial charge in [-0.2, -0.15) is 0 Å². The highest BCUT2D eigenvalue weighted by molar-refractivity contribution is 6.42. The molecule has 3 N–H and O–H groups in total. The van der Waals surface area contributed by atoms with Crippen LogP contribution in [0.2, 0.25) is 0 Å². The number of primary amides is 1. The maximum absolute atomic E-state index is 13.2. The maximum atomic E-state index is 13.2. The molecule has 0 saturated heterocycles. The number of benzene rings is 4. The lowest BCUT2D eigenvalue weighted by atomic mass is 9.95. The largest absolute Gasteiger partial charge is 0.493 e. The van der Waals surface area contributed by atoms with Gasteiger partial charge in [0.25, 0.3) is 5.91 Å². The second-order valence-electron chi connectivity index (χ2n) is 13.1. The van der Waals surface area contributed by atoms with Crippen LogP contribution in [-0.4, -0.2) is 45.0 Å². The Balaban J connectivity index is 0.000000289. The molecule has 1 saturated carbocycles. The average Bonchev–Trinajstić information content (AvgIpc) is 3.64. The lowest BCUT2D eigenvalue weighted by molar-refractivity contribution is -0.125. The van der Waals surface area contributed by atoms with Gasteiger partial charge in [0.05, 0.1) is 21.3 Å². The molecule has 1 aliphatic carbocycles. The van der Waals surface area contributed by atoms with Crippen molar-refractivity contribution in [3.05, 3.63) is 125 Å². The van der Waals surface area contributed by atoms with E-state index >= 15 is 0 Å². The number of nitrogens with one attached hydrogen (secondary N) is 1. The van der Waals surface area contributed by atoms with E-state index in [0.717, 1.165) is 57.8 Å². The number of carbonyl (C=O) groups excluding carboxylic acids is 3. The number of aryl methyl sites for hydroxylation is 2. The summed E-state index contributed by atoms with van der Waals surface area (Å²) in [5.41, 5.74) is 9.18. The molecule has 4 aromatic rings. The fourth-order valence-corrected chi connectivity index (χ4v) is 6.80. The number of ketones is 1. The Morgan fingerprint density at radius 2 is 1.20 bits per heavy atom. The fourth-order valence-electron chi connectivity index (χ4n) is 6.80. The summed E-state index contributed by atoms with van der Waals surface area (Å²) >= 11 is 0. The van der Waals surface area contributed by atoms with Crippen molar-refractivity contribution in [1.82, 2.24) is 5.32 Å². The maximum Gasteiger partial charge on any atom is 0.289 e. The van der Waals surface area contributed by atoms with Crippen LogP contribution in [0.4, 0.5) is 0 Å². The molecule has 5 rings (SSSR count). The van der Waals surface area contributed by atoms with Crippen LogP contribution in [0, 0.1) is 11.8 Å². The van der Waals surface area contributed by atoms with Crippen LogP contribution in [0.5, 0.6) is 17.2 Å². The molecule has 0 radical (unpaired) electrons. The average molecular weight is 693 g/mol. The lowest BCUT2D eigenvalue weighted by Crippen LogP contribution is -2.38. The van der Waals surface area contributed by atoms with Crippen molar-refractivity contribution in [2.45, 2.75) is 70.3 Å². The van der Waals surface area contributed by atoms with Crippen LogP contribution in [0.3, 0.4) is 0 Å². The summed E-state index contributed by atoms with van der Waals surface area (Å²) in [6.07, 6.45) is 10.8. The van der Waals surface area contributed by atoms with E-state index in [0.29, 0.717) is 17.6 Å². The molecule has 8 heteroatoms. The quantitative estimate of drug-likeness (QED) is 0.0872. The third-order valence-corrected chi connectivity index (χ3v) is 9.50. The van der Waals surface area contributed by atoms with Gasteiger partial charge in [-0.3, -0.25) is 14.4 Å². The Morgan fingerprint density at radius 1 is 0.706 bits per heavy atom. The third kappa shape index (κ3) is 12.3. The van der Waals surface area contributed by atoms with Crippen molar-refractivity contribution in [2.24, 2.45) is 17.6 Å². The first-order valence-electron chi connectivity index (χ1n) is 17.9. The molecular formula is C43H52N2O6. The summed E-state index contributed by atoms with van der Waals surface area (Å²) in [4.78, 5) is 35.5. The van der Waals surface area contributed by atoms with Gasteiger partial charge in [0.2, 0.25) is 17.4 Å². The summed E-state index contributed by atoms with van der Waals surface area (Å²) < 4.78 is 15.2. The minimum atomic E-state index is -1.04. The van der Waals surface area contributed by atoms with Gasteiger partial charge in [0.15, 0.2) is 11.5 Å². The van der Waals surface area contributed by atoms with E-state index in [-0.39, 0.29) is 29.0 Å². The molecule has 1 fully saturated rings. The second-order valence-corrected chi connectivity index (χ2v) is 13.1. The summed E-state index contributed by atoms with van der Waals surface area (Å²) in [7, 11) is 4.27. The molecule has 0 spiro atoms. The molecule has 1 aliphatic rings. The van der Waals surface area contributed by atoms with E-state index in [1.165, 1.54) is 56.6 Å². The Bertz CT molecular complexity index is 1590. The number of methoxy groups -OCH3 is 3. The molecule has 0 bridgehead atoms. The highest BCUT2D eigenvalue weighted by Gasteiger charge is 2.31. The normalized spacial score (nSPS) is 15.0. The second kappa shape index (κ2) is 20.5. The first-order chi connectivity index (χ1) is 24.8. The highest BCUT2D eigenvalue weighted by atomic mass is 16.5. The van der Waals surface area contributed by atoms with Gasteiger partial charge in [0.1, 0.15) is 0 Å². The van der Waals surface area contributed by atoms with E-state index < -0.39 is 11.7 Å². The molecule has 2 atom stereocenters. The molecule has 51 heavy (non-hydrogen) atoms. The first-order valence-corrected chi connectivity index (χ1v) is 17.9.